The van der Waals surface area contributed by atoms with E-state index in [1.165, 1.54) is 4.31 Å². The van der Waals surface area contributed by atoms with Gasteiger partial charge in [-0.3, -0.25) is 4.68 Å². The summed E-state index contributed by atoms with van der Waals surface area (Å²) in [5, 5.41) is 7.91. The number of fused-ring (bicyclic) bond motifs is 1. The first-order chi connectivity index (χ1) is 9.41. The third-order valence-corrected chi connectivity index (χ3v) is 5.80. The van der Waals surface area contributed by atoms with Gasteiger partial charge >= 0.3 is 0 Å². The van der Waals surface area contributed by atoms with Crippen LogP contribution in [0.2, 0.25) is 0 Å². The van der Waals surface area contributed by atoms with Gasteiger partial charge in [0, 0.05) is 32.1 Å². The summed E-state index contributed by atoms with van der Waals surface area (Å²) in [6.07, 6.45) is 2.13. The van der Waals surface area contributed by atoms with Crippen molar-refractivity contribution in [2.24, 2.45) is 7.05 Å². The van der Waals surface area contributed by atoms with Gasteiger partial charge in [0.25, 0.3) is 0 Å². The molecule has 2 aromatic rings. The predicted octanol–water partition coefficient (Wildman–Crippen LogP) is 0.772. The zero-order valence-corrected chi connectivity index (χ0v) is 12.4. The Bertz CT molecular complexity index is 760. The molecule has 7 nitrogen and oxygen atoms in total. The fourth-order valence-corrected chi connectivity index (χ4v) is 4.39. The van der Waals surface area contributed by atoms with Gasteiger partial charge in [0.15, 0.2) is 0 Å². The molecule has 108 valence electrons. The number of hydrogen-bond acceptors (Lipinski definition) is 5. The second-order valence-corrected chi connectivity index (χ2v) is 6.86. The fourth-order valence-electron chi connectivity index (χ4n) is 2.58. The quantitative estimate of drug-likeness (QED) is 0.817. The molecule has 0 saturated carbocycles. The Balaban J connectivity index is 2.01. The lowest BCUT2D eigenvalue weighted by molar-refractivity contribution is 0.331. The van der Waals surface area contributed by atoms with Crippen LogP contribution in [0, 0.1) is 13.8 Å². The van der Waals surface area contributed by atoms with Gasteiger partial charge in [0.1, 0.15) is 10.7 Å². The number of rotatable bonds is 2. The van der Waals surface area contributed by atoms with E-state index in [0.717, 1.165) is 11.3 Å². The zero-order chi connectivity index (χ0) is 14.5. The SMILES string of the molecule is Cc1nn(C)c(C)c1S(=O)(=O)N1CCc2oncc2C1. The summed E-state index contributed by atoms with van der Waals surface area (Å²) in [6.45, 7) is 4.18. The topological polar surface area (TPSA) is 81.2 Å². The third-order valence-electron chi connectivity index (χ3n) is 3.71. The van der Waals surface area contributed by atoms with Crippen LogP contribution in [-0.2, 0) is 30.0 Å². The first-order valence-electron chi connectivity index (χ1n) is 6.34. The van der Waals surface area contributed by atoms with Gasteiger partial charge < -0.3 is 4.52 Å². The van der Waals surface area contributed by atoms with Crippen LogP contribution in [-0.4, -0.2) is 34.2 Å². The summed E-state index contributed by atoms with van der Waals surface area (Å²) in [7, 11) is -1.80. The van der Waals surface area contributed by atoms with Crippen LogP contribution in [0.15, 0.2) is 15.6 Å². The molecular formula is C12H16N4O3S. The normalized spacial score (nSPS) is 16.4. The molecule has 0 aliphatic carbocycles. The summed E-state index contributed by atoms with van der Waals surface area (Å²) in [6, 6.07) is 0. The van der Waals surface area contributed by atoms with Crippen molar-refractivity contribution in [3.63, 3.8) is 0 Å². The molecule has 3 heterocycles. The number of aromatic nitrogens is 3. The van der Waals surface area contributed by atoms with Gasteiger partial charge in [-0.25, -0.2) is 8.42 Å². The average Bonchev–Trinajstić information content (AvgIpc) is 2.94. The highest BCUT2D eigenvalue weighted by Gasteiger charge is 2.33. The average molecular weight is 296 g/mol. The molecule has 8 heteroatoms. The summed E-state index contributed by atoms with van der Waals surface area (Å²) >= 11 is 0. The standard InChI is InChI=1S/C12H16N4O3S/c1-8-12(9(2)15(3)14-8)20(17,18)16-5-4-11-10(7-16)6-13-19-11/h6H,4-5,7H2,1-3H3. The Hall–Kier alpha value is -1.67. The smallest absolute Gasteiger partial charge is 0.247 e. The van der Waals surface area contributed by atoms with Gasteiger partial charge in [0.2, 0.25) is 10.0 Å². The van der Waals surface area contributed by atoms with E-state index in [4.69, 9.17) is 4.52 Å². The van der Waals surface area contributed by atoms with Crippen LogP contribution in [0.5, 0.6) is 0 Å². The molecule has 1 aliphatic heterocycles. The van der Waals surface area contributed by atoms with E-state index < -0.39 is 10.0 Å². The molecule has 0 N–H and O–H groups in total. The van der Waals surface area contributed by atoms with Crippen LogP contribution in [0.1, 0.15) is 22.7 Å². The summed E-state index contributed by atoms with van der Waals surface area (Å²) in [5.74, 6) is 0.774. The third kappa shape index (κ3) is 1.87. The first-order valence-corrected chi connectivity index (χ1v) is 7.78. The van der Waals surface area contributed by atoms with Crippen molar-refractivity contribution in [1.82, 2.24) is 19.2 Å². The molecule has 0 unspecified atom stereocenters. The van der Waals surface area contributed by atoms with Crippen molar-refractivity contribution in [2.45, 2.75) is 31.7 Å². The largest absolute Gasteiger partial charge is 0.361 e. The molecule has 3 rings (SSSR count). The molecule has 0 atom stereocenters. The Labute approximate surface area is 117 Å². The second kappa shape index (κ2) is 4.42. The molecular weight excluding hydrogens is 280 g/mol. The number of sulfonamides is 1. The van der Waals surface area contributed by atoms with Crippen molar-refractivity contribution in [1.29, 1.82) is 0 Å². The van der Waals surface area contributed by atoms with Gasteiger partial charge in [-0.05, 0) is 13.8 Å². The maximum absolute atomic E-state index is 12.8. The lowest BCUT2D eigenvalue weighted by Crippen LogP contribution is -2.36. The van der Waals surface area contributed by atoms with E-state index in [0.29, 0.717) is 35.8 Å². The van der Waals surface area contributed by atoms with Gasteiger partial charge in [-0.2, -0.15) is 9.40 Å². The predicted molar refractivity (Wildman–Crippen MR) is 70.5 cm³/mol. The molecule has 0 aromatic carbocycles. The maximum Gasteiger partial charge on any atom is 0.247 e. The summed E-state index contributed by atoms with van der Waals surface area (Å²) < 4.78 is 33.7. The highest BCUT2D eigenvalue weighted by atomic mass is 32.2. The lowest BCUT2D eigenvalue weighted by Gasteiger charge is -2.25. The van der Waals surface area contributed by atoms with E-state index in [1.807, 2.05) is 0 Å². The van der Waals surface area contributed by atoms with E-state index >= 15 is 0 Å². The van der Waals surface area contributed by atoms with E-state index in [-0.39, 0.29) is 0 Å². The highest BCUT2D eigenvalue weighted by molar-refractivity contribution is 7.89. The highest BCUT2D eigenvalue weighted by Crippen LogP contribution is 2.27. The van der Waals surface area contributed by atoms with E-state index in [2.05, 4.69) is 10.3 Å². The van der Waals surface area contributed by atoms with Crippen LogP contribution in [0.3, 0.4) is 0 Å². The minimum atomic E-state index is -3.54. The van der Waals surface area contributed by atoms with Crippen LogP contribution < -0.4 is 0 Å². The molecule has 0 fully saturated rings. The van der Waals surface area contributed by atoms with Gasteiger partial charge in [0.05, 0.1) is 17.6 Å². The second-order valence-electron chi connectivity index (χ2n) is 4.99. The monoisotopic (exact) mass is 296 g/mol. The molecule has 0 bridgehead atoms. The Kier molecular flexibility index (Phi) is 2.94. The molecule has 1 aliphatic rings. The van der Waals surface area contributed by atoms with Crippen molar-refractivity contribution in [3.05, 3.63) is 28.9 Å². The maximum atomic E-state index is 12.8. The van der Waals surface area contributed by atoms with Gasteiger partial charge in [-0.15, -0.1) is 0 Å². The van der Waals surface area contributed by atoms with Gasteiger partial charge in [-0.1, -0.05) is 5.16 Å². The zero-order valence-electron chi connectivity index (χ0n) is 11.6. The van der Waals surface area contributed by atoms with Crippen LogP contribution >= 0.6 is 0 Å². The van der Waals surface area contributed by atoms with E-state index in [9.17, 15) is 8.42 Å². The Morgan fingerprint density at radius 3 is 2.75 bits per heavy atom. The molecule has 2 aromatic heterocycles. The molecule has 0 saturated heterocycles. The minimum absolute atomic E-state index is 0.301. The van der Waals surface area contributed by atoms with Crippen LogP contribution in [0.4, 0.5) is 0 Å². The lowest BCUT2D eigenvalue weighted by atomic mass is 10.1. The Morgan fingerprint density at radius 2 is 2.10 bits per heavy atom. The molecule has 0 radical (unpaired) electrons. The van der Waals surface area contributed by atoms with Crippen molar-refractivity contribution in [2.75, 3.05) is 6.54 Å². The fraction of sp³-hybridized carbons (Fsp3) is 0.500. The molecule has 0 amide bonds. The number of nitrogens with zero attached hydrogens (tertiary/aromatic N) is 4. The number of aryl methyl sites for hydroxylation is 2. The molecule has 20 heavy (non-hydrogen) atoms. The minimum Gasteiger partial charge on any atom is -0.361 e. The van der Waals surface area contributed by atoms with Crippen LogP contribution in [0.25, 0.3) is 0 Å². The van der Waals surface area contributed by atoms with E-state index in [1.54, 1.807) is 31.8 Å². The Morgan fingerprint density at radius 1 is 1.35 bits per heavy atom. The van der Waals surface area contributed by atoms with Crippen molar-refractivity contribution >= 4 is 10.0 Å². The summed E-state index contributed by atoms with van der Waals surface area (Å²) in [4.78, 5) is 0.305. The van der Waals surface area contributed by atoms with Crippen molar-refractivity contribution < 1.29 is 12.9 Å². The van der Waals surface area contributed by atoms with Crippen molar-refractivity contribution in [3.8, 4) is 0 Å². The first kappa shape index (κ1) is 13.3. The number of hydrogen-bond donors (Lipinski definition) is 0. The summed E-state index contributed by atoms with van der Waals surface area (Å²) in [5.41, 5.74) is 2.01. The molecule has 0 spiro atoms.